The Hall–Kier alpha value is -0.580. The first kappa shape index (κ1) is 15.5. The molecule has 3 nitrogen and oxygen atoms in total. The lowest BCUT2D eigenvalue weighted by Crippen LogP contribution is -2.33. The maximum Gasteiger partial charge on any atom is 0.156 e. The summed E-state index contributed by atoms with van der Waals surface area (Å²) in [5.74, 6) is 0.142. The highest BCUT2D eigenvalue weighted by molar-refractivity contribution is 7.90. The summed E-state index contributed by atoms with van der Waals surface area (Å²) < 4.78 is 24.1. The third-order valence-electron chi connectivity index (χ3n) is 2.58. The molecular weight excluding hydrogens is 270 g/mol. The van der Waals surface area contributed by atoms with Gasteiger partial charge in [-0.25, -0.2) is 8.42 Å². The molecule has 0 spiro atoms. The van der Waals surface area contributed by atoms with Crippen molar-refractivity contribution >= 4 is 21.4 Å². The minimum absolute atomic E-state index is 0.00478. The number of rotatable bonds is 7. The Morgan fingerprint density at radius 1 is 1.33 bits per heavy atom. The number of benzene rings is 1. The molecule has 0 radical (unpaired) electrons. The van der Waals surface area contributed by atoms with Crippen LogP contribution in [-0.4, -0.2) is 26.8 Å². The number of hydrogen-bond acceptors (Lipinski definition) is 3. The van der Waals surface area contributed by atoms with Gasteiger partial charge in [-0.15, -0.1) is 0 Å². The summed E-state index contributed by atoms with van der Waals surface area (Å²) in [5.41, 5.74) is 0.668. The predicted molar refractivity (Wildman–Crippen MR) is 76.7 cm³/mol. The Balaban J connectivity index is 2.63. The number of hydrogen-bond donors (Lipinski definition) is 1. The normalized spacial score (nSPS) is 13.5. The van der Waals surface area contributed by atoms with Crippen molar-refractivity contribution in [2.45, 2.75) is 32.1 Å². The van der Waals surface area contributed by atoms with Gasteiger partial charge in [-0.2, -0.15) is 0 Å². The summed E-state index contributed by atoms with van der Waals surface area (Å²) in [4.78, 5) is 0. The molecule has 0 heterocycles. The minimum atomic E-state index is -3.13. The first-order valence-electron chi connectivity index (χ1n) is 6.12. The Bertz CT molecular complexity index is 474. The highest BCUT2D eigenvalue weighted by Crippen LogP contribution is 2.18. The molecule has 1 atom stereocenters. The van der Waals surface area contributed by atoms with Gasteiger partial charge in [-0.3, -0.25) is 0 Å². The molecule has 0 aliphatic heterocycles. The molecule has 1 aromatic carbocycles. The average molecular weight is 290 g/mol. The van der Waals surface area contributed by atoms with E-state index in [-0.39, 0.29) is 17.5 Å². The average Bonchev–Trinajstić information content (AvgIpc) is 2.28. The van der Waals surface area contributed by atoms with E-state index in [0.717, 1.165) is 13.0 Å². The zero-order valence-corrected chi connectivity index (χ0v) is 12.4. The van der Waals surface area contributed by atoms with Gasteiger partial charge in [-0.05, 0) is 31.5 Å². The fourth-order valence-corrected chi connectivity index (χ4v) is 3.75. The van der Waals surface area contributed by atoms with E-state index in [4.69, 9.17) is 11.6 Å². The molecule has 0 amide bonds. The van der Waals surface area contributed by atoms with Crippen LogP contribution in [0.25, 0.3) is 0 Å². The molecule has 102 valence electrons. The van der Waals surface area contributed by atoms with E-state index in [1.54, 1.807) is 24.3 Å². The molecule has 0 saturated carbocycles. The standard InChI is InChI=1S/C13H20ClNO2S/c1-3-8-15-11(2)9-18(16,17)10-12-6-4-5-7-13(12)14/h4-7,11,15H,3,8-10H2,1-2H3. The molecule has 0 saturated heterocycles. The van der Waals surface area contributed by atoms with E-state index < -0.39 is 9.84 Å². The summed E-state index contributed by atoms with van der Waals surface area (Å²) in [5, 5.41) is 3.69. The Kier molecular flexibility index (Phi) is 6.12. The predicted octanol–water partition coefficient (Wildman–Crippen LogP) is 2.64. The van der Waals surface area contributed by atoms with E-state index in [2.05, 4.69) is 12.2 Å². The third-order valence-corrected chi connectivity index (χ3v) is 4.71. The largest absolute Gasteiger partial charge is 0.313 e. The summed E-state index contributed by atoms with van der Waals surface area (Å²) in [7, 11) is -3.13. The van der Waals surface area contributed by atoms with Crippen LogP contribution in [0.4, 0.5) is 0 Å². The topological polar surface area (TPSA) is 46.2 Å². The molecule has 0 aliphatic rings. The molecule has 0 aromatic heterocycles. The van der Waals surface area contributed by atoms with Gasteiger partial charge >= 0.3 is 0 Å². The molecule has 1 N–H and O–H groups in total. The lowest BCUT2D eigenvalue weighted by Gasteiger charge is -2.13. The van der Waals surface area contributed by atoms with Crippen LogP contribution in [0, 0.1) is 0 Å². The van der Waals surface area contributed by atoms with Crippen molar-refractivity contribution in [3.8, 4) is 0 Å². The van der Waals surface area contributed by atoms with Crippen molar-refractivity contribution in [1.29, 1.82) is 0 Å². The fraction of sp³-hybridized carbons (Fsp3) is 0.538. The minimum Gasteiger partial charge on any atom is -0.313 e. The van der Waals surface area contributed by atoms with Gasteiger partial charge in [0.15, 0.2) is 9.84 Å². The molecule has 0 fully saturated rings. The van der Waals surface area contributed by atoms with Crippen molar-refractivity contribution in [3.63, 3.8) is 0 Å². The SMILES string of the molecule is CCCNC(C)CS(=O)(=O)Cc1ccccc1Cl. The number of sulfone groups is 1. The molecule has 1 rings (SSSR count). The fourth-order valence-electron chi connectivity index (χ4n) is 1.74. The summed E-state index contributed by atoms with van der Waals surface area (Å²) in [6, 6.07) is 7.03. The first-order chi connectivity index (χ1) is 8.44. The van der Waals surface area contributed by atoms with Gasteiger partial charge in [0.1, 0.15) is 0 Å². The second-order valence-electron chi connectivity index (χ2n) is 4.50. The first-order valence-corrected chi connectivity index (χ1v) is 8.31. The molecule has 1 aromatic rings. The molecule has 18 heavy (non-hydrogen) atoms. The van der Waals surface area contributed by atoms with Gasteiger partial charge in [0.05, 0.1) is 11.5 Å². The van der Waals surface area contributed by atoms with Crippen molar-refractivity contribution in [2.75, 3.05) is 12.3 Å². The van der Waals surface area contributed by atoms with E-state index in [1.165, 1.54) is 0 Å². The zero-order valence-electron chi connectivity index (χ0n) is 10.8. The quantitative estimate of drug-likeness (QED) is 0.839. The van der Waals surface area contributed by atoms with E-state index in [1.807, 2.05) is 6.92 Å². The van der Waals surface area contributed by atoms with Gasteiger partial charge < -0.3 is 5.32 Å². The Labute approximate surface area is 114 Å². The summed E-state index contributed by atoms with van der Waals surface area (Å²) >= 11 is 5.97. The number of nitrogens with one attached hydrogen (secondary N) is 1. The van der Waals surface area contributed by atoms with Crippen LogP contribution in [0.1, 0.15) is 25.8 Å². The van der Waals surface area contributed by atoms with Crippen molar-refractivity contribution in [1.82, 2.24) is 5.32 Å². The highest BCUT2D eigenvalue weighted by atomic mass is 35.5. The summed E-state index contributed by atoms with van der Waals surface area (Å²) in [6.45, 7) is 4.78. The van der Waals surface area contributed by atoms with Crippen LogP contribution in [0.5, 0.6) is 0 Å². The van der Waals surface area contributed by atoms with Crippen LogP contribution in [0.3, 0.4) is 0 Å². The molecular formula is C13H20ClNO2S. The lowest BCUT2D eigenvalue weighted by atomic mass is 10.2. The van der Waals surface area contributed by atoms with E-state index in [0.29, 0.717) is 10.6 Å². The van der Waals surface area contributed by atoms with Gasteiger partial charge in [0.25, 0.3) is 0 Å². The Morgan fingerprint density at radius 2 is 2.00 bits per heavy atom. The molecule has 0 aliphatic carbocycles. The second kappa shape index (κ2) is 7.12. The smallest absolute Gasteiger partial charge is 0.156 e. The molecule has 1 unspecified atom stereocenters. The Morgan fingerprint density at radius 3 is 2.61 bits per heavy atom. The van der Waals surface area contributed by atoms with Crippen LogP contribution in [-0.2, 0) is 15.6 Å². The van der Waals surface area contributed by atoms with E-state index in [9.17, 15) is 8.42 Å². The van der Waals surface area contributed by atoms with Crippen LogP contribution in [0.2, 0.25) is 5.02 Å². The van der Waals surface area contributed by atoms with E-state index >= 15 is 0 Å². The van der Waals surface area contributed by atoms with Gasteiger partial charge in [0.2, 0.25) is 0 Å². The van der Waals surface area contributed by atoms with Crippen LogP contribution < -0.4 is 5.32 Å². The van der Waals surface area contributed by atoms with Gasteiger partial charge in [-0.1, -0.05) is 36.7 Å². The second-order valence-corrected chi connectivity index (χ2v) is 7.02. The summed E-state index contributed by atoms with van der Waals surface area (Å²) in [6.07, 6.45) is 0.995. The van der Waals surface area contributed by atoms with Gasteiger partial charge in [0, 0.05) is 11.1 Å². The molecule has 0 bridgehead atoms. The maximum atomic E-state index is 12.0. The van der Waals surface area contributed by atoms with Crippen molar-refractivity contribution < 1.29 is 8.42 Å². The van der Waals surface area contributed by atoms with Crippen molar-refractivity contribution in [2.24, 2.45) is 0 Å². The maximum absolute atomic E-state index is 12.0. The van der Waals surface area contributed by atoms with Crippen LogP contribution >= 0.6 is 11.6 Å². The zero-order chi connectivity index (χ0) is 13.6. The lowest BCUT2D eigenvalue weighted by molar-refractivity contribution is 0.554. The molecule has 5 heteroatoms. The highest BCUT2D eigenvalue weighted by Gasteiger charge is 2.17. The monoisotopic (exact) mass is 289 g/mol. The van der Waals surface area contributed by atoms with Crippen molar-refractivity contribution in [3.05, 3.63) is 34.9 Å². The number of halogens is 1. The third kappa shape index (κ3) is 5.38. The van der Waals surface area contributed by atoms with Crippen LogP contribution in [0.15, 0.2) is 24.3 Å².